The SMILES string of the molecule is CCN1C(=O)C(=Cc2nc3c(nc(-c4ccccc4)n3C)o2)C(=O)N(CC)C1=S. The molecule has 2 aromatic heterocycles. The van der Waals surface area contributed by atoms with E-state index in [0.29, 0.717) is 24.5 Å². The monoisotopic (exact) mass is 409 g/mol. The molecule has 3 aromatic rings. The molecule has 1 aliphatic heterocycles. The smallest absolute Gasteiger partial charge is 0.267 e. The summed E-state index contributed by atoms with van der Waals surface area (Å²) in [6.45, 7) is 4.35. The molecule has 0 saturated carbocycles. The number of amides is 2. The summed E-state index contributed by atoms with van der Waals surface area (Å²) in [7, 11) is 1.84. The minimum atomic E-state index is -0.451. The molecule has 3 heterocycles. The van der Waals surface area contributed by atoms with Crippen molar-refractivity contribution < 1.29 is 14.0 Å². The Labute approximate surface area is 172 Å². The molecule has 0 radical (unpaired) electrons. The van der Waals surface area contributed by atoms with Crippen molar-refractivity contribution in [2.45, 2.75) is 13.8 Å². The molecule has 2 amide bonds. The Morgan fingerprint density at radius 2 is 1.66 bits per heavy atom. The molecule has 1 saturated heterocycles. The van der Waals surface area contributed by atoms with Crippen LogP contribution in [0.15, 0.2) is 40.3 Å². The third-order valence-corrected chi connectivity index (χ3v) is 5.24. The summed E-state index contributed by atoms with van der Waals surface area (Å²) in [6, 6.07) is 9.69. The Morgan fingerprint density at radius 3 is 2.21 bits per heavy atom. The van der Waals surface area contributed by atoms with Gasteiger partial charge in [-0.1, -0.05) is 30.3 Å². The van der Waals surface area contributed by atoms with Crippen molar-refractivity contribution in [1.82, 2.24) is 24.3 Å². The Morgan fingerprint density at radius 1 is 1.03 bits per heavy atom. The van der Waals surface area contributed by atoms with Gasteiger partial charge in [-0.3, -0.25) is 19.4 Å². The minimum Gasteiger partial charge on any atom is -0.417 e. The van der Waals surface area contributed by atoms with Crippen LogP contribution in [-0.4, -0.2) is 54.4 Å². The number of aromatic nitrogens is 3. The predicted octanol–water partition coefficient (Wildman–Crippen LogP) is 2.61. The Balaban J connectivity index is 1.75. The average molecular weight is 409 g/mol. The van der Waals surface area contributed by atoms with Crippen molar-refractivity contribution in [3.05, 3.63) is 41.8 Å². The van der Waals surface area contributed by atoms with Crippen LogP contribution in [0.3, 0.4) is 0 Å². The van der Waals surface area contributed by atoms with Gasteiger partial charge in [0.15, 0.2) is 5.11 Å². The van der Waals surface area contributed by atoms with Crippen molar-refractivity contribution in [3.8, 4) is 11.4 Å². The molecule has 0 unspecified atom stereocenters. The zero-order valence-electron chi connectivity index (χ0n) is 16.2. The lowest BCUT2D eigenvalue weighted by atomic mass is 10.1. The van der Waals surface area contributed by atoms with E-state index in [0.717, 1.165) is 11.4 Å². The van der Waals surface area contributed by atoms with Gasteiger partial charge >= 0.3 is 0 Å². The van der Waals surface area contributed by atoms with Crippen molar-refractivity contribution in [3.63, 3.8) is 0 Å². The number of imidazole rings is 1. The van der Waals surface area contributed by atoms with Gasteiger partial charge in [0.25, 0.3) is 17.5 Å². The Hall–Kier alpha value is -3.33. The lowest BCUT2D eigenvalue weighted by Crippen LogP contribution is -2.55. The van der Waals surface area contributed by atoms with Gasteiger partial charge in [-0.05, 0) is 26.1 Å². The fourth-order valence-electron chi connectivity index (χ4n) is 3.30. The number of thiocarbonyl (C=S) groups is 1. The van der Waals surface area contributed by atoms with Crippen molar-refractivity contribution >= 4 is 46.6 Å². The van der Waals surface area contributed by atoms with E-state index in [1.54, 1.807) is 13.8 Å². The highest BCUT2D eigenvalue weighted by atomic mass is 32.1. The largest absolute Gasteiger partial charge is 0.417 e. The highest BCUT2D eigenvalue weighted by Gasteiger charge is 2.38. The van der Waals surface area contributed by atoms with Crippen LogP contribution in [0.4, 0.5) is 0 Å². The quantitative estimate of drug-likeness (QED) is 0.374. The molecule has 0 bridgehead atoms. The van der Waals surface area contributed by atoms with Crippen molar-refractivity contribution in [1.29, 1.82) is 0 Å². The molecule has 29 heavy (non-hydrogen) atoms. The lowest BCUT2D eigenvalue weighted by molar-refractivity contribution is -0.133. The zero-order valence-corrected chi connectivity index (χ0v) is 17.1. The maximum Gasteiger partial charge on any atom is 0.267 e. The van der Waals surface area contributed by atoms with Crippen LogP contribution in [0.2, 0.25) is 0 Å². The maximum atomic E-state index is 12.7. The molecular formula is C20H19N5O3S. The second kappa shape index (κ2) is 7.25. The normalized spacial score (nSPS) is 15.0. The first-order valence-electron chi connectivity index (χ1n) is 9.24. The van der Waals surface area contributed by atoms with E-state index in [-0.39, 0.29) is 16.6 Å². The second-order valence-electron chi connectivity index (χ2n) is 6.48. The van der Waals surface area contributed by atoms with Gasteiger partial charge in [0.05, 0.1) is 0 Å². The van der Waals surface area contributed by atoms with Crippen molar-refractivity contribution in [2.24, 2.45) is 7.05 Å². The van der Waals surface area contributed by atoms with Crippen LogP contribution in [0.5, 0.6) is 0 Å². The van der Waals surface area contributed by atoms with Gasteiger partial charge in [-0.2, -0.15) is 9.97 Å². The molecule has 0 N–H and O–H groups in total. The summed E-state index contributed by atoms with van der Waals surface area (Å²) in [5.41, 5.74) is 1.77. The number of hydrogen-bond donors (Lipinski definition) is 0. The summed E-state index contributed by atoms with van der Waals surface area (Å²) < 4.78 is 7.53. The molecule has 0 atom stereocenters. The minimum absolute atomic E-state index is 0.0304. The standard InChI is InChI=1S/C20H19N5O3S/c1-4-24-18(26)13(19(27)25(5-2)20(24)29)11-14-21-16-17(28-14)22-15(23(16)3)12-9-7-6-8-10-12/h6-11H,4-5H2,1-3H3. The van der Waals surface area contributed by atoms with E-state index in [2.05, 4.69) is 9.97 Å². The van der Waals surface area contributed by atoms with Crippen LogP contribution >= 0.6 is 12.2 Å². The first-order valence-corrected chi connectivity index (χ1v) is 9.65. The second-order valence-corrected chi connectivity index (χ2v) is 6.85. The molecule has 1 aromatic carbocycles. The number of likely N-dealkylation sites (N-methyl/N-ethyl adjacent to an activating group) is 2. The first kappa shape index (κ1) is 19.0. The van der Waals surface area contributed by atoms with Crippen LogP contribution in [0.25, 0.3) is 28.8 Å². The number of aryl methyl sites for hydroxylation is 1. The van der Waals surface area contributed by atoms with Gasteiger partial charge in [0, 0.05) is 31.8 Å². The fourth-order valence-corrected chi connectivity index (χ4v) is 3.72. The van der Waals surface area contributed by atoms with E-state index in [9.17, 15) is 9.59 Å². The highest BCUT2D eigenvalue weighted by molar-refractivity contribution is 7.80. The van der Waals surface area contributed by atoms with Crippen LogP contribution in [0.1, 0.15) is 19.7 Å². The van der Waals surface area contributed by atoms with Gasteiger partial charge < -0.3 is 8.98 Å². The number of hydrogen-bond acceptors (Lipinski definition) is 6. The average Bonchev–Trinajstić information content (AvgIpc) is 3.25. The summed E-state index contributed by atoms with van der Waals surface area (Å²) in [6.07, 6.45) is 1.36. The number of rotatable bonds is 4. The van der Waals surface area contributed by atoms with Gasteiger partial charge in [0.2, 0.25) is 11.5 Å². The predicted molar refractivity (Wildman–Crippen MR) is 112 cm³/mol. The Bertz CT molecular complexity index is 1130. The zero-order chi connectivity index (χ0) is 20.7. The fraction of sp³-hybridized carbons (Fsp3) is 0.250. The number of benzene rings is 1. The number of nitrogens with zero attached hydrogens (tertiary/aromatic N) is 5. The third-order valence-electron chi connectivity index (χ3n) is 4.80. The van der Waals surface area contributed by atoms with Crippen molar-refractivity contribution in [2.75, 3.05) is 13.1 Å². The molecular weight excluding hydrogens is 390 g/mol. The third kappa shape index (κ3) is 3.03. The van der Waals surface area contributed by atoms with Gasteiger partial charge in [-0.15, -0.1) is 0 Å². The molecule has 1 aliphatic rings. The molecule has 0 spiro atoms. The summed E-state index contributed by atoms with van der Waals surface area (Å²) in [4.78, 5) is 37.2. The highest BCUT2D eigenvalue weighted by Crippen LogP contribution is 2.26. The maximum absolute atomic E-state index is 12.7. The molecule has 9 heteroatoms. The first-order chi connectivity index (χ1) is 14.0. The van der Waals surface area contributed by atoms with Crippen LogP contribution in [-0.2, 0) is 16.6 Å². The summed E-state index contributed by atoms with van der Waals surface area (Å²) in [5, 5.41) is 0.217. The molecule has 148 valence electrons. The molecule has 0 aliphatic carbocycles. The van der Waals surface area contributed by atoms with E-state index in [4.69, 9.17) is 16.6 Å². The summed E-state index contributed by atoms with van der Waals surface area (Å²) >= 11 is 5.27. The summed E-state index contributed by atoms with van der Waals surface area (Å²) in [5.74, 6) is -0.0374. The topological polar surface area (TPSA) is 84.5 Å². The molecule has 1 fully saturated rings. The molecule has 4 rings (SSSR count). The lowest BCUT2D eigenvalue weighted by Gasteiger charge is -2.35. The van der Waals surface area contributed by atoms with E-state index >= 15 is 0 Å². The van der Waals surface area contributed by atoms with E-state index in [1.165, 1.54) is 15.9 Å². The van der Waals surface area contributed by atoms with Crippen LogP contribution in [0, 0.1) is 0 Å². The number of carbonyl (C=O) groups excluding carboxylic acids is 2. The number of fused-ring (bicyclic) bond motifs is 1. The van der Waals surface area contributed by atoms with Crippen LogP contribution < -0.4 is 0 Å². The Kier molecular flexibility index (Phi) is 4.75. The number of oxazole rings is 1. The van der Waals surface area contributed by atoms with E-state index in [1.807, 2.05) is 41.9 Å². The van der Waals surface area contributed by atoms with Gasteiger partial charge in [-0.25, -0.2) is 0 Å². The number of carbonyl (C=O) groups is 2. The molecule has 8 nitrogen and oxygen atoms in total. The van der Waals surface area contributed by atoms with E-state index < -0.39 is 11.8 Å². The van der Waals surface area contributed by atoms with Gasteiger partial charge in [0.1, 0.15) is 11.4 Å².